The minimum absolute atomic E-state index is 0.00337. The highest BCUT2D eigenvalue weighted by molar-refractivity contribution is 6.23. The van der Waals surface area contributed by atoms with Crippen molar-refractivity contribution in [1.29, 1.82) is 0 Å². The standard InChI is InChI=1S/C37H62N6O5/c1-5-7-12-25(22-41-6-2)23-47-33(46)37-32(45)28-14-9-8-13-27(28)31(44)36(37,48-37)19-15-24(3)35(17-10-11-18-35)30(43-34(39)40-4)26-16-20-42-29(38)21-26/h15,25-30,41-42H,5-14,16-23,38H2,1-4H3,(H3,39,40,43). The summed E-state index contributed by atoms with van der Waals surface area (Å²) in [6, 6.07) is 0.00337. The summed E-state index contributed by atoms with van der Waals surface area (Å²) in [5, 5.41) is 10.3. The molecule has 0 bridgehead atoms. The van der Waals surface area contributed by atoms with Crippen LogP contribution in [0.1, 0.15) is 111 Å². The van der Waals surface area contributed by atoms with Crippen molar-refractivity contribution in [1.82, 2.24) is 16.0 Å². The van der Waals surface area contributed by atoms with Gasteiger partial charge in [0.2, 0.25) is 0 Å². The smallest absolute Gasteiger partial charge is 0.349 e. The molecule has 11 heteroatoms. The van der Waals surface area contributed by atoms with Crippen LogP contribution in [0.2, 0.25) is 0 Å². The van der Waals surface area contributed by atoms with Gasteiger partial charge in [0.05, 0.1) is 12.8 Å². The fraction of sp³-hybridized carbons (Fsp3) is 0.838. The van der Waals surface area contributed by atoms with Gasteiger partial charge in [-0.05, 0) is 70.9 Å². The van der Waals surface area contributed by atoms with Crippen LogP contribution in [0, 0.1) is 29.1 Å². The number of hydrogen-bond acceptors (Lipinski definition) is 9. The molecule has 2 heterocycles. The van der Waals surface area contributed by atoms with Crippen LogP contribution < -0.4 is 27.4 Å². The molecule has 2 aliphatic heterocycles. The number of nitrogens with zero attached hydrogens (tertiary/aromatic N) is 1. The largest absolute Gasteiger partial charge is 0.463 e. The first kappa shape index (κ1) is 36.9. The van der Waals surface area contributed by atoms with Crippen LogP contribution in [0.3, 0.4) is 0 Å². The van der Waals surface area contributed by atoms with Crippen molar-refractivity contribution in [3.05, 3.63) is 11.6 Å². The number of carbonyl (C=O) groups excluding carboxylic acids is 3. The molecule has 0 aromatic heterocycles. The molecular weight excluding hydrogens is 608 g/mol. The van der Waals surface area contributed by atoms with Gasteiger partial charge in [0.1, 0.15) is 0 Å². The van der Waals surface area contributed by atoms with Gasteiger partial charge in [0.25, 0.3) is 5.60 Å². The molecule has 3 aliphatic carbocycles. The molecule has 7 N–H and O–H groups in total. The van der Waals surface area contributed by atoms with E-state index in [1.54, 1.807) is 7.05 Å². The number of unbranched alkanes of at least 4 members (excludes halogenated alkanes) is 1. The van der Waals surface area contributed by atoms with Crippen LogP contribution in [-0.4, -0.2) is 80.2 Å². The molecular formula is C37H62N6O5. The Bertz CT molecular complexity index is 1220. The van der Waals surface area contributed by atoms with E-state index in [1.165, 1.54) is 0 Å². The highest BCUT2D eigenvalue weighted by Crippen LogP contribution is 2.62. The van der Waals surface area contributed by atoms with E-state index >= 15 is 0 Å². The number of Topliss-reactive ketones (excluding diaryl/α,β-unsaturated/α-hetero) is 2. The van der Waals surface area contributed by atoms with E-state index in [2.05, 4.69) is 47.8 Å². The molecule has 0 aromatic rings. The average Bonchev–Trinajstić information content (AvgIpc) is 3.57. The normalized spacial score (nSPS) is 34.6. The highest BCUT2D eigenvalue weighted by Gasteiger charge is 2.87. The lowest BCUT2D eigenvalue weighted by Crippen LogP contribution is -2.58. The fourth-order valence-electron chi connectivity index (χ4n) is 9.67. The minimum atomic E-state index is -1.85. The third-order valence-corrected chi connectivity index (χ3v) is 12.5. The lowest BCUT2D eigenvalue weighted by atomic mass is 9.60. The summed E-state index contributed by atoms with van der Waals surface area (Å²) < 4.78 is 12.3. The number of nitrogens with one attached hydrogen (secondary N) is 3. The van der Waals surface area contributed by atoms with Gasteiger partial charge < -0.3 is 36.9 Å². The summed E-state index contributed by atoms with van der Waals surface area (Å²) in [6.45, 7) is 8.93. The lowest BCUT2D eigenvalue weighted by molar-refractivity contribution is -0.159. The maximum Gasteiger partial charge on any atom is 0.349 e. The van der Waals surface area contributed by atoms with Crippen molar-refractivity contribution >= 4 is 23.5 Å². The first-order chi connectivity index (χ1) is 23.1. The second-order valence-corrected chi connectivity index (χ2v) is 15.3. The number of hydrogen-bond donors (Lipinski definition) is 5. The van der Waals surface area contributed by atoms with E-state index in [0.717, 1.165) is 95.8 Å². The Morgan fingerprint density at radius 1 is 1.12 bits per heavy atom. The molecule has 0 aromatic carbocycles. The third-order valence-electron chi connectivity index (χ3n) is 12.5. The molecule has 8 unspecified atom stereocenters. The summed E-state index contributed by atoms with van der Waals surface area (Å²) in [6.07, 6.45) is 14.1. The SMILES string of the molecule is CCCCC(CNCC)COC(=O)C12OC1(CC=C(C)C1(C(NC(N)=NC)C3CCNC(N)C3)CCCC1)C(=O)C1CCCCC1C2=O. The molecule has 0 spiro atoms. The number of nitrogens with two attached hydrogens (primary N) is 2. The summed E-state index contributed by atoms with van der Waals surface area (Å²) in [5.74, 6) is -1.09. The summed E-state index contributed by atoms with van der Waals surface area (Å²) in [5.41, 5.74) is 10.3. The molecule has 3 saturated carbocycles. The quantitative estimate of drug-likeness (QED) is 0.0434. The first-order valence-electron chi connectivity index (χ1n) is 18.9. The maximum atomic E-state index is 14.4. The number of ketones is 2. The van der Waals surface area contributed by atoms with E-state index in [1.807, 2.05) is 0 Å². The van der Waals surface area contributed by atoms with Crippen LogP contribution >= 0.6 is 0 Å². The number of esters is 1. The van der Waals surface area contributed by atoms with Gasteiger partial charge >= 0.3 is 5.97 Å². The van der Waals surface area contributed by atoms with Crippen LogP contribution in [0.5, 0.6) is 0 Å². The lowest BCUT2D eigenvalue weighted by Gasteiger charge is -2.46. The number of aliphatic imine (C=N–C) groups is 1. The Morgan fingerprint density at radius 2 is 1.83 bits per heavy atom. The Hall–Kier alpha value is -2.34. The topological polar surface area (TPSA) is 173 Å². The molecule has 5 fully saturated rings. The molecule has 48 heavy (non-hydrogen) atoms. The second kappa shape index (κ2) is 15.7. The summed E-state index contributed by atoms with van der Waals surface area (Å²) in [7, 11) is 1.69. The zero-order valence-corrected chi connectivity index (χ0v) is 29.9. The van der Waals surface area contributed by atoms with Crippen molar-refractivity contribution in [3.63, 3.8) is 0 Å². The Balaban J connectivity index is 1.45. The van der Waals surface area contributed by atoms with Crippen LogP contribution in [-0.2, 0) is 23.9 Å². The number of piperidine rings is 1. The van der Waals surface area contributed by atoms with Crippen molar-refractivity contribution in [3.8, 4) is 0 Å². The number of guanidine groups is 1. The zero-order chi connectivity index (χ0) is 34.5. The number of carbonyl (C=O) groups is 3. The van der Waals surface area contributed by atoms with E-state index in [0.29, 0.717) is 18.8 Å². The van der Waals surface area contributed by atoms with Crippen LogP contribution in [0.4, 0.5) is 0 Å². The summed E-state index contributed by atoms with van der Waals surface area (Å²) in [4.78, 5) is 47.1. The maximum absolute atomic E-state index is 14.4. The van der Waals surface area contributed by atoms with Crippen LogP contribution in [0.15, 0.2) is 16.6 Å². The number of fused-ring (bicyclic) bond motifs is 2. The Morgan fingerprint density at radius 3 is 2.48 bits per heavy atom. The zero-order valence-electron chi connectivity index (χ0n) is 29.9. The molecule has 2 saturated heterocycles. The van der Waals surface area contributed by atoms with Crippen molar-refractivity contribution in [2.24, 2.45) is 45.5 Å². The third kappa shape index (κ3) is 6.86. The van der Waals surface area contributed by atoms with Gasteiger partial charge in [0, 0.05) is 49.2 Å². The predicted molar refractivity (Wildman–Crippen MR) is 187 cm³/mol. The Labute approximate surface area is 287 Å². The minimum Gasteiger partial charge on any atom is -0.463 e. The van der Waals surface area contributed by atoms with Gasteiger partial charge in [-0.15, -0.1) is 0 Å². The van der Waals surface area contributed by atoms with E-state index < -0.39 is 29.0 Å². The van der Waals surface area contributed by atoms with Gasteiger partial charge in [-0.1, -0.05) is 64.0 Å². The van der Waals surface area contributed by atoms with Crippen LogP contribution in [0.25, 0.3) is 0 Å². The highest BCUT2D eigenvalue weighted by atomic mass is 16.7. The molecule has 5 rings (SSSR count). The molecule has 0 amide bonds. The van der Waals surface area contributed by atoms with Crippen molar-refractivity contribution < 1.29 is 23.9 Å². The monoisotopic (exact) mass is 670 g/mol. The van der Waals surface area contributed by atoms with E-state index in [-0.39, 0.29) is 54.1 Å². The van der Waals surface area contributed by atoms with E-state index in [9.17, 15) is 14.4 Å². The number of epoxide rings is 1. The second-order valence-electron chi connectivity index (χ2n) is 15.3. The molecule has 270 valence electrons. The van der Waals surface area contributed by atoms with Crippen molar-refractivity contribution in [2.45, 2.75) is 134 Å². The number of ether oxygens (including phenoxy) is 2. The molecule has 5 aliphatic rings. The predicted octanol–water partition coefficient (Wildman–Crippen LogP) is 3.50. The van der Waals surface area contributed by atoms with E-state index in [4.69, 9.17) is 20.9 Å². The first-order valence-corrected chi connectivity index (χ1v) is 18.9. The molecule has 11 nitrogen and oxygen atoms in total. The average molecular weight is 671 g/mol. The van der Waals surface area contributed by atoms with Crippen molar-refractivity contribution in [2.75, 3.05) is 33.3 Å². The number of rotatable bonds is 15. The van der Waals surface area contributed by atoms with Gasteiger partial charge in [-0.2, -0.15) is 0 Å². The van der Waals surface area contributed by atoms with Gasteiger partial charge in [-0.25, -0.2) is 4.79 Å². The Kier molecular flexibility index (Phi) is 12.1. The molecule has 0 radical (unpaired) electrons. The summed E-state index contributed by atoms with van der Waals surface area (Å²) >= 11 is 0. The van der Waals surface area contributed by atoms with Gasteiger partial charge in [0.15, 0.2) is 23.1 Å². The fourth-order valence-corrected chi connectivity index (χ4v) is 9.67. The molecule has 8 atom stereocenters. The van der Waals surface area contributed by atoms with Gasteiger partial charge in [-0.3, -0.25) is 14.6 Å².